The number of hydrogen-bond donors (Lipinski definition) is 1. The first-order valence-electron chi connectivity index (χ1n) is 11.6. The van der Waals surface area contributed by atoms with E-state index in [0.29, 0.717) is 54.4 Å². The SMILES string of the molecule is COc1ccc(S(=O)(=O)N2CCOCC2)cc1CCC(=O)Nc1ccccc1C(=O)c1ccccc1. The molecular formula is C27H28N2O6S. The van der Waals surface area contributed by atoms with E-state index >= 15 is 0 Å². The van der Waals surface area contributed by atoms with Crippen molar-refractivity contribution >= 4 is 27.4 Å². The average molecular weight is 509 g/mol. The number of anilines is 1. The molecule has 1 fully saturated rings. The summed E-state index contributed by atoms with van der Waals surface area (Å²) >= 11 is 0. The van der Waals surface area contributed by atoms with Crippen molar-refractivity contribution in [2.24, 2.45) is 0 Å². The number of amides is 1. The van der Waals surface area contributed by atoms with Gasteiger partial charge in [0.1, 0.15) is 5.75 Å². The molecule has 1 heterocycles. The molecule has 0 aliphatic carbocycles. The standard InChI is InChI=1S/C27H28N2O6S/c1-34-25-13-12-22(36(32,33)29-15-17-35-18-16-29)19-21(25)11-14-26(30)28-24-10-6-5-9-23(24)27(31)20-7-3-2-4-8-20/h2-10,12-13,19H,11,14-18H2,1H3,(H,28,30). The number of carbonyl (C=O) groups is 2. The summed E-state index contributed by atoms with van der Waals surface area (Å²) in [7, 11) is -2.18. The van der Waals surface area contributed by atoms with E-state index in [1.54, 1.807) is 60.7 Å². The lowest BCUT2D eigenvalue weighted by Crippen LogP contribution is -2.40. The fourth-order valence-corrected chi connectivity index (χ4v) is 5.50. The molecule has 1 N–H and O–H groups in total. The number of nitrogens with zero attached hydrogens (tertiary/aromatic N) is 1. The summed E-state index contributed by atoms with van der Waals surface area (Å²) in [5.74, 6) is 0.0179. The maximum absolute atomic E-state index is 13.1. The molecular weight excluding hydrogens is 480 g/mol. The Morgan fingerprint density at radius 2 is 1.67 bits per heavy atom. The molecule has 36 heavy (non-hydrogen) atoms. The third-order valence-electron chi connectivity index (χ3n) is 5.96. The molecule has 8 nitrogen and oxygen atoms in total. The lowest BCUT2D eigenvalue weighted by Gasteiger charge is -2.26. The molecule has 0 saturated carbocycles. The van der Waals surface area contributed by atoms with Crippen molar-refractivity contribution in [2.45, 2.75) is 17.7 Å². The van der Waals surface area contributed by atoms with Gasteiger partial charge in [0.2, 0.25) is 15.9 Å². The number of carbonyl (C=O) groups excluding carboxylic acids is 2. The van der Waals surface area contributed by atoms with Gasteiger partial charge in [-0.05, 0) is 42.3 Å². The Morgan fingerprint density at radius 1 is 0.972 bits per heavy atom. The van der Waals surface area contributed by atoms with E-state index in [0.717, 1.165) is 0 Å². The second kappa shape index (κ2) is 11.5. The molecule has 0 radical (unpaired) electrons. The number of para-hydroxylation sites is 1. The van der Waals surface area contributed by atoms with E-state index in [-0.39, 0.29) is 29.4 Å². The largest absolute Gasteiger partial charge is 0.496 e. The normalized spacial score (nSPS) is 14.2. The summed E-state index contributed by atoms with van der Waals surface area (Å²) in [6, 6.07) is 20.4. The van der Waals surface area contributed by atoms with Gasteiger partial charge in [0.05, 0.1) is 30.9 Å². The van der Waals surface area contributed by atoms with Crippen LogP contribution in [0.5, 0.6) is 5.75 Å². The second-order valence-corrected chi connectivity index (χ2v) is 10.2. The van der Waals surface area contributed by atoms with Crippen LogP contribution in [0, 0.1) is 0 Å². The van der Waals surface area contributed by atoms with Gasteiger partial charge in [0.15, 0.2) is 5.78 Å². The quantitative estimate of drug-likeness (QED) is 0.444. The lowest BCUT2D eigenvalue weighted by molar-refractivity contribution is -0.116. The number of benzene rings is 3. The van der Waals surface area contributed by atoms with E-state index in [2.05, 4.69) is 5.32 Å². The molecule has 0 bridgehead atoms. The second-order valence-electron chi connectivity index (χ2n) is 8.28. The molecule has 3 aromatic rings. The van der Waals surface area contributed by atoms with Crippen LogP contribution in [-0.2, 0) is 26.0 Å². The van der Waals surface area contributed by atoms with Gasteiger partial charge in [-0.3, -0.25) is 9.59 Å². The van der Waals surface area contributed by atoms with Crippen LogP contribution < -0.4 is 10.1 Å². The van der Waals surface area contributed by atoms with Crippen molar-refractivity contribution in [2.75, 3.05) is 38.7 Å². The van der Waals surface area contributed by atoms with Gasteiger partial charge in [0.25, 0.3) is 0 Å². The van der Waals surface area contributed by atoms with Crippen molar-refractivity contribution in [3.05, 3.63) is 89.5 Å². The van der Waals surface area contributed by atoms with Crippen LogP contribution in [0.25, 0.3) is 0 Å². The molecule has 1 saturated heterocycles. The Balaban J connectivity index is 1.48. The maximum Gasteiger partial charge on any atom is 0.243 e. The van der Waals surface area contributed by atoms with Crippen LogP contribution in [0.15, 0.2) is 77.7 Å². The predicted octanol–water partition coefficient (Wildman–Crippen LogP) is 3.52. The van der Waals surface area contributed by atoms with E-state index in [1.807, 2.05) is 6.07 Å². The smallest absolute Gasteiger partial charge is 0.243 e. The minimum absolute atomic E-state index is 0.0747. The fourth-order valence-electron chi connectivity index (χ4n) is 4.04. The Hall–Kier alpha value is -3.53. The summed E-state index contributed by atoms with van der Waals surface area (Å²) in [5, 5.41) is 2.82. The summed E-state index contributed by atoms with van der Waals surface area (Å²) in [5.41, 5.74) is 1.96. The van der Waals surface area contributed by atoms with E-state index in [1.165, 1.54) is 17.5 Å². The monoisotopic (exact) mass is 508 g/mol. The molecule has 0 aromatic heterocycles. The molecule has 3 aromatic carbocycles. The first-order chi connectivity index (χ1) is 17.4. The number of ketones is 1. The summed E-state index contributed by atoms with van der Waals surface area (Å²) in [6.45, 7) is 1.31. The molecule has 1 amide bonds. The van der Waals surface area contributed by atoms with Gasteiger partial charge >= 0.3 is 0 Å². The highest BCUT2D eigenvalue weighted by Gasteiger charge is 2.27. The predicted molar refractivity (Wildman–Crippen MR) is 136 cm³/mol. The highest BCUT2D eigenvalue weighted by molar-refractivity contribution is 7.89. The fraction of sp³-hybridized carbons (Fsp3) is 0.259. The maximum atomic E-state index is 13.1. The van der Waals surface area contributed by atoms with Crippen LogP contribution in [-0.4, -0.2) is 57.8 Å². The highest BCUT2D eigenvalue weighted by Crippen LogP contribution is 2.27. The zero-order valence-electron chi connectivity index (χ0n) is 20.0. The summed E-state index contributed by atoms with van der Waals surface area (Å²) in [4.78, 5) is 25.9. The summed E-state index contributed by atoms with van der Waals surface area (Å²) < 4.78 is 38.2. The van der Waals surface area contributed by atoms with E-state index < -0.39 is 10.0 Å². The van der Waals surface area contributed by atoms with Crippen molar-refractivity contribution in [1.29, 1.82) is 0 Å². The molecule has 188 valence electrons. The van der Waals surface area contributed by atoms with Gasteiger partial charge < -0.3 is 14.8 Å². The Bertz CT molecular complexity index is 1340. The number of aryl methyl sites for hydroxylation is 1. The number of hydrogen-bond acceptors (Lipinski definition) is 6. The molecule has 0 atom stereocenters. The van der Waals surface area contributed by atoms with Gasteiger partial charge in [-0.25, -0.2) is 8.42 Å². The zero-order chi connectivity index (χ0) is 25.5. The van der Waals surface area contributed by atoms with Crippen molar-refractivity contribution < 1.29 is 27.5 Å². The average Bonchev–Trinajstić information content (AvgIpc) is 2.92. The van der Waals surface area contributed by atoms with E-state index in [4.69, 9.17) is 9.47 Å². The highest BCUT2D eigenvalue weighted by atomic mass is 32.2. The topological polar surface area (TPSA) is 102 Å². The first kappa shape index (κ1) is 25.6. The van der Waals surface area contributed by atoms with Crippen molar-refractivity contribution in [3.8, 4) is 5.75 Å². The number of morpholine rings is 1. The molecule has 1 aliphatic heterocycles. The Labute approximate surface area is 210 Å². The zero-order valence-corrected chi connectivity index (χ0v) is 20.8. The van der Waals surface area contributed by atoms with Gasteiger partial charge in [-0.1, -0.05) is 42.5 Å². The number of ether oxygens (including phenoxy) is 2. The Morgan fingerprint density at radius 3 is 2.39 bits per heavy atom. The van der Waals surface area contributed by atoms with Crippen LogP contribution in [0.4, 0.5) is 5.69 Å². The number of methoxy groups -OCH3 is 1. The minimum Gasteiger partial charge on any atom is -0.496 e. The van der Waals surface area contributed by atoms with Crippen LogP contribution in [0.1, 0.15) is 27.9 Å². The Kier molecular flexibility index (Phi) is 8.14. The minimum atomic E-state index is -3.68. The molecule has 0 spiro atoms. The molecule has 1 aliphatic rings. The van der Waals surface area contributed by atoms with Crippen molar-refractivity contribution in [3.63, 3.8) is 0 Å². The van der Waals surface area contributed by atoms with Crippen LogP contribution in [0.2, 0.25) is 0 Å². The lowest BCUT2D eigenvalue weighted by atomic mass is 10.0. The third kappa shape index (κ3) is 5.81. The van der Waals surface area contributed by atoms with Crippen LogP contribution >= 0.6 is 0 Å². The number of rotatable bonds is 9. The number of sulfonamides is 1. The third-order valence-corrected chi connectivity index (χ3v) is 7.86. The molecule has 4 rings (SSSR count). The molecule has 0 unspecified atom stereocenters. The van der Waals surface area contributed by atoms with E-state index in [9.17, 15) is 18.0 Å². The first-order valence-corrected chi connectivity index (χ1v) is 13.1. The van der Waals surface area contributed by atoms with Gasteiger partial charge in [-0.15, -0.1) is 0 Å². The van der Waals surface area contributed by atoms with Gasteiger partial charge in [0, 0.05) is 30.6 Å². The van der Waals surface area contributed by atoms with Gasteiger partial charge in [-0.2, -0.15) is 4.31 Å². The van der Waals surface area contributed by atoms with Crippen molar-refractivity contribution in [1.82, 2.24) is 4.31 Å². The molecule has 9 heteroatoms. The number of nitrogens with one attached hydrogen (secondary N) is 1. The van der Waals surface area contributed by atoms with Crippen LogP contribution in [0.3, 0.4) is 0 Å². The summed E-state index contributed by atoms with van der Waals surface area (Å²) in [6.07, 6.45) is 0.335.